The molecule has 0 saturated carbocycles. The molecule has 1 aromatic carbocycles. The molecule has 0 N–H and O–H groups in total. The number of hydrogen-bond donors (Lipinski definition) is 0. The van der Waals surface area contributed by atoms with Gasteiger partial charge in [0.2, 0.25) is 5.69 Å². The predicted octanol–water partition coefficient (Wildman–Crippen LogP) is 2.30. The Morgan fingerprint density at radius 2 is 2.14 bits per heavy atom. The first kappa shape index (κ1) is 14.0. The lowest BCUT2D eigenvalue weighted by molar-refractivity contribution is -0.606. The quantitative estimate of drug-likeness (QED) is 0.599. The van der Waals surface area contributed by atoms with Crippen LogP contribution in [0, 0.1) is 22.4 Å². The smallest absolute Gasteiger partial charge is 0.242 e. The molecule has 22 heavy (non-hydrogen) atoms. The molecule has 0 saturated heterocycles. The Morgan fingerprint density at radius 1 is 1.36 bits per heavy atom. The number of rotatable bonds is 1. The van der Waals surface area contributed by atoms with E-state index in [1.54, 1.807) is 38.1 Å². The van der Waals surface area contributed by atoms with Crippen LogP contribution in [-0.2, 0) is 0 Å². The minimum Gasteiger partial charge on any atom is -0.618 e. The second kappa shape index (κ2) is 4.81. The van der Waals surface area contributed by atoms with Crippen LogP contribution in [0.5, 0.6) is 5.75 Å². The van der Waals surface area contributed by atoms with Crippen molar-refractivity contribution in [3.8, 4) is 11.8 Å². The van der Waals surface area contributed by atoms with Gasteiger partial charge in [-0.15, -0.1) is 0 Å². The highest BCUT2D eigenvalue weighted by Crippen LogP contribution is 2.33. The Morgan fingerprint density at radius 3 is 2.82 bits per heavy atom. The van der Waals surface area contributed by atoms with E-state index in [4.69, 9.17) is 10.00 Å². The minimum atomic E-state index is -0.939. The highest BCUT2D eigenvalue weighted by Gasteiger charge is 2.32. The van der Waals surface area contributed by atoms with E-state index in [9.17, 15) is 9.60 Å². The SMILES string of the molecule is CC1(C)N=C(c2cccc[n+]2[O-])c2cc(C#N)c(F)cc2O1. The summed E-state index contributed by atoms with van der Waals surface area (Å²) in [4.78, 5) is 4.43. The molecule has 0 fully saturated rings. The zero-order chi connectivity index (χ0) is 15.9. The number of fused-ring (bicyclic) bond motifs is 1. The fourth-order valence-electron chi connectivity index (χ4n) is 2.34. The summed E-state index contributed by atoms with van der Waals surface area (Å²) in [6.45, 7) is 3.42. The van der Waals surface area contributed by atoms with Crippen LogP contribution in [0.25, 0.3) is 0 Å². The van der Waals surface area contributed by atoms with Gasteiger partial charge in [-0.05, 0) is 26.0 Å². The molecule has 1 aromatic heterocycles. The second-order valence-electron chi connectivity index (χ2n) is 5.36. The molecule has 0 spiro atoms. The number of hydrogen-bond acceptors (Lipinski definition) is 4. The van der Waals surface area contributed by atoms with E-state index in [1.165, 1.54) is 12.3 Å². The summed E-state index contributed by atoms with van der Waals surface area (Å²) in [5, 5.41) is 21.0. The van der Waals surface area contributed by atoms with Crippen LogP contribution in [0.15, 0.2) is 41.5 Å². The van der Waals surface area contributed by atoms with Crippen molar-refractivity contribution in [1.29, 1.82) is 5.26 Å². The molecule has 1 aliphatic rings. The van der Waals surface area contributed by atoms with E-state index in [2.05, 4.69) is 4.99 Å². The number of ether oxygens (including phenoxy) is 1. The minimum absolute atomic E-state index is 0.122. The average Bonchev–Trinajstić information content (AvgIpc) is 2.45. The molecule has 1 aliphatic heterocycles. The van der Waals surface area contributed by atoms with E-state index in [-0.39, 0.29) is 11.3 Å². The number of halogens is 1. The maximum atomic E-state index is 13.8. The first-order valence-electron chi connectivity index (χ1n) is 6.63. The van der Waals surface area contributed by atoms with Crippen LogP contribution < -0.4 is 9.47 Å². The molecular formula is C16H12FN3O2. The van der Waals surface area contributed by atoms with Gasteiger partial charge in [0.05, 0.1) is 11.1 Å². The molecule has 6 heteroatoms. The van der Waals surface area contributed by atoms with E-state index >= 15 is 0 Å². The third-order valence-corrected chi connectivity index (χ3v) is 3.25. The van der Waals surface area contributed by atoms with Crippen LogP contribution in [0.1, 0.15) is 30.7 Å². The fraction of sp³-hybridized carbons (Fsp3) is 0.188. The van der Waals surface area contributed by atoms with Gasteiger partial charge in [-0.2, -0.15) is 9.99 Å². The van der Waals surface area contributed by atoms with E-state index < -0.39 is 11.5 Å². The van der Waals surface area contributed by atoms with Gasteiger partial charge < -0.3 is 9.94 Å². The molecule has 2 heterocycles. The lowest BCUT2D eigenvalue weighted by atomic mass is 10.00. The maximum Gasteiger partial charge on any atom is 0.242 e. The van der Waals surface area contributed by atoms with Gasteiger partial charge in [0.1, 0.15) is 23.3 Å². The maximum absolute atomic E-state index is 13.8. The molecule has 0 atom stereocenters. The van der Waals surface area contributed by atoms with Crippen LogP contribution >= 0.6 is 0 Å². The summed E-state index contributed by atoms with van der Waals surface area (Å²) < 4.78 is 20.2. The average molecular weight is 297 g/mol. The van der Waals surface area contributed by atoms with Crippen LogP contribution in [0.4, 0.5) is 4.39 Å². The van der Waals surface area contributed by atoms with Crippen molar-refractivity contribution in [2.75, 3.05) is 0 Å². The zero-order valence-corrected chi connectivity index (χ0v) is 12.0. The lowest BCUT2D eigenvalue weighted by Gasteiger charge is -2.29. The monoisotopic (exact) mass is 297 g/mol. The summed E-state index contributed by atoms with van der Waals surface area (Å²) in [5.74, 6) is -0.406. The first-order chi connectivity index (χ1) is 10.4. The summed E-state index contributed by atoms with van der Waals surface area (Å²) >= 11 is 0. The lowest BCUT2D eigenvalue weighted by Crippen LogP contribution is -2.39. The molecule has 0 radical (unpaired) electrons. The molecule has 0 unspecified atom stereocenters. The number of benzene rings is 1. The Labute approximate surface area is 126 Å². The Hall–Kier alpha value is -2.94. The van der Waals surface area contributed by atoms with Crippen molar-refractivity contribution >= 4 is 5.71 Å². The zero-order valence-electron chi connectivity index (χ0n) is 12.0. The van der Waals surface area contributed by atoms with E-state index in [0.717, 1.165) is 6.07 Å². The number of aliphatic imine (C=N–C) groups is 1. The molecule has 5 nitrogen and oxygen atoms in total. The topological polar surface area (TPSA) is 72.3 Å². The van der Waals surface area contributed by atoms with Gasteiger partial charge >= 0.3 is 0 Å². The van der Waals surface area contributed by atoms with Crippen LogP contribution in [-0.4, -0.2) is 11.4 Å². The van der Waals surface area contributed by atoms with Gasteiger partial charge in [-0.1, -0.05) is 0 Å². The Bertz CT molecular complexity index is 838. The molecule has 0 amide bonds. The third-order valence-electron chi connectivity index (χ3n) is 3.25. The van der Waals surface area contributed by atoms with Gasteiger partial charge in [0.25, 0.3) is 0 Å². The largest absolute Gasteiger partial charge is 0.618 e. The number of aromatic nitrogens is 1. The second-order valence-corrected chi connectivity index (χ2v) is 5.36. The van der Waals surface area contributed by atoms with Crippen molar-refractivity contribution in [1.82, 2.24) is 0 Å². The summed E-state index contributed by atoms with van der Waals surface area (Å²) in [5.41, 5.74) is 0.0522. The molecule has 3 rings (SSSR count). The van der Waals surface area contributed by atoms with Crippen LogP contribution in [0.3, 0.4) is 0 Å². The van der Waals surface area contributed by atoms with Gasteiger partial charge in [0, 0.05) is 18.2 Å². The first-order valence-corrected chi connectivity index (χ1v) is 6.63. The van der Waals surface area contributed by atoms with Crippen molar-refractivity contribution in [3.05, 3.63) is 64.4 Å². The van der Waals surface area contributed by atoms with Crippen LogP contribution in [0.2, 0.25) is 0 Å². The van der Waals surface area contributed by atoms with E-state index in [0.29, 0.717) is 21.7 Å². The molecule has 110 valence electrons. The summed E-state index contributed by atoms with van der Waals surface area (Å²) in [6, 6.07) is 9.22. The number of pyridine rings is 1. The fourth-order valence-corrected chi connectivity index (χ4v) is 2.34. The summed E-state index contributed by atoms with van der Waals surface area (Å²) in [7, 11) is 0. The predicted molar refractivity (Wildman–Crippen MR) is 76.9 cm³/mol. The van der Waals surface area contributed by atoms with Gasteiger partial charge in [-0.3, -0.25) is 0 Å². The standard InChI is InChI=1S/C16H12FN3O2/c1-16(2)19-15(13-5-3-4-6-20(13)21)11-7-10(9-18)12(17)8-14(11)22-16/h3-8H,1-2H3. The summed E-state index contributed by atoms with van der Waals surface area (Å²) in [6.07, 6.45) is 1.36. The van der Waals surface area contributed by atoms with Gasteiger partial charge in [0.15, 0.2) is 11.9 Å². The van der Waals surface area contributed by atoms with Gasteiger partial charge in [-0.25, -0.2) is 9.38 Å². The highest BCUT2D eigenvalue weighted by atomic mass is 19.1. The highest BCUT2D eigenvalue weighted by molar-refractivity contribution is 6.13. The Kier molecular flexibility index (Phi) is 3.06. The normalized spacial score (nSPS) is 15.3. The van der Waals surface area contributed by atoms with Crippen molar-refractivity contribution < 1.29 is 13.9 Å². The van der Waals surface area contributed by atoms with E-state index in [1.807, 2.05) is 0 Å². The number of nitrogens with zero attached hydrogens (tertiary/aromatic N) is 3. The van der Waals surface area contributed by atoms with Crippen molar-refractivity contribution in [2.45, 2.75) is 19.6 Å². The third kappa shape index (κ3) is 2.27. The molecule has 2 aromatic rings. The molecular weight excluding hydrogens is 285 g/mol. The van der Waals surface area contributed by atoms with Crippen molar-refractivity contribution in [3.63, 3.8) is 0 Å². The van der Waals surface area contributed by atoms with Crippen molar-refractivity contribution in [2.24, 2.45) is 4.99 Å². The number of nitriles is 1. The molecule has 0 aliphatic carbocycles. The Balaban J connectivity index is 2.29. The molecule has 0 bridgehead atoms.